The molecule has 5 nitrogen and oxygen atoms in total. The molecular formula is C27H27ClO5. The Hall–Kier alpha value is -3.31. The number of hydrogen-bond donors (Lipinski definition) is 2. The van der Waals surface area contributed by atoms with Gasteiger partial charge in [0.25, 0.3) is 0 Å². The Labute approximate surface area is 198 Å². The van der Waals surface area contributed by atoms with Gasteiger partial charge < -0.3 is 14.9 Å². The van der Waals surface area contributed by atoms with Crippen LogP contribution >= 0.6 is 11.6 Å². The summed E-state index contributed by atoms with van der Waals surface area (Å²) >= 11 is 5.97. The smallest absolute Gasteiger partial charge is 0.337 e. The van der Waals surface area contributed by atoms with Crippen molar-refractivity contribution in [2.45, 2.75) is 40.7 Å². The summed E-state index contributed by atoms with van der Waals surface area (Å²) in [6, 6.07) is 15.7. The third-order valence-electron chi connectivity index (χ3n) is 5.22. The largest absolute Gasteiger partial charge is 0.507 e. The molecule has 0 spiro atoms. The summed E-state index contributed by atoms with van der Waals surface area (Å²) in [5, 5.41) is 20.1. The zero-order valence-electron chi connectivity index (χ0n) is 19.1. The van der Waals surface area contributed by atoms with Gasteiger partial charge in [0, 0.05) is 12.0 Å². The van der Waals surface area contributed by atoms with Crippen molar-refractivity contribution >= 4 is 23.4 Å². The van der Waals surface area contributed by atoms with Gasteiger partial charge >= 0.3 is 5.97 Å². The van der Waals surface area contributed by atoms with Crippen molar-refractivity contribution in [3.05, 3.63) is 81.9 Å². The lowest BCUT2D eigenvalue weighted by Crippen LogP contribution is -2.13. The lowest BCUT2D eigenvalue weighted by Gasteiger charge is -2.18. The van der Waals surface area contributed by atoms with Gasteiger partial charge in [0.15, 0.2) is 5.78 Å². The van der Waals surface area contributed by atoms with E-state index in [2.05, 4.69) is 0 Å². The van der Waals surface area contributed by atoms with Gasteiger partial charge in [0.2, 0.25) is 0 Å². The monoisotopic (exact) mass is 466 g/mol. The Balaban J connectivity index is 1.79. The summed E-state index contributed by atoms with van der Waals surface area (Å²) in [5.74, 6) is -0.755. The van der Waals surface area contributed by atoms with Crippen molar-refractivity contribution in [1.82, 2.24) is 0 Å². The average molecular weight is 467 g/mol. The minimum Gasteiger partial charge on any atom is -0.507 e. The maximum Gasteiger partial charge on any atom is 0.337 e. The van der Waals surface area contributed by atoms with E-state index < -0.39 is 5.97 Å². The standard InChI is InChI=1S/C27H27ClO5/c1-16-24(11-9-20(25(16)30)23(29)14-27(2,3)4)33-15-17-6-5-7-18(12-17)19-8-10-22(28)21(13-19)26(31)32/h5-13,30H,14-15H2,1-4H3,(H,31,32). The first kappa shape index (κ1) is 24.3. The number of carboxylic acid groups (broad SMARTS) is 1. The van der Waals surface area contributed by atoms with E-state index in [4.69, 9.17) is 16.3 Å². The van der Waals surface area contributed by atoms with Crippen molar-refractivity contribution in [2.75, 3.05) is 0 Å². The van der Waals surface area contributed by atoms with E-state index in [9.17, 15) is 19.8 Å². The Kier molecular flexibility index (Phi) is 7.13. The van der Waals surface area contributed by atoms with Gasteiger partial charge in [0.05, 0.1) is 16.1 Å². The zero-order chi connectivity index (χ0) is 24.3. The minimum atomic E-state index is -1.08. The molecular weight excluding hydrogens is 440 g/mol. The molecule has 0 saturated carbocycles. The molecule has 172 valence electrons. The predicted molar refractivity (Wildman–Crippen MR) is 129 cm³/mol. The second kappa shape index (κ2) is 9.67. The molecule has 3 aromatic rings. The van der Waals surface area contributed by atoms with E-state index in [0.717, 1.165) is 16.7 Å². The fourth-order valence-electron chi connectivity index (χ4n) is 3.51. The number of ether oxygens (including phenoxy) is 1. The third kappa shape index (κ3) is 5.93. The number of carboxylic acids is 1. The third-order valence-corrected chi connectivity index (χ3v) is 5.55. The van der Waals surface area contributed by atoms with Crippen molar-refractivity contribution in [2.24, 2.45) is 5.41 Å². The minimum absolute atomic E-state index is 0.0445. The molecule has 0 amide bonds. The summed E-state index contributed by atoms with van der Waals surface area (Å²) in [7, 11) is 0. The van der Waals surface area contributed by atoms with E-state index in [1.807, 2.05) is 45.0 Å². The Bertz CT molecular complexity index is 1210. The summed E-state index contributed by atoms with van der Waals surface area (Å²) in [4.78, 5) is 23.9. The average Bonchev–Trinajstić information content (AvgIpc) is 2.74. The van der Waals surface area contributed by atoms with Crippen LogP contribution in [0.15, 0.2) is 54.6 Å². The summed E-state index contributed by atoms with van der Waals surface area (Å²) in [6.07, 6.45) is 0.335. The highest BCUT2D eigenvalue weighted by Crippen LogP contribution is 2.34. The molecule has 2 N–H and O–H groups in total. The summed E-state index contributed by atoms with van der Waals surface area (Å²) < 4.78 is 5.92. The molecule has 0 unspecified atom stereocenters. The number of carbonyl (C=O) groups excluding carboxylic acids is 1. The molecule has 0 heterocycles. The number of phenolic OH excluding ortho intramolecular Hbond substituents is 1. The van der Waals surface area contributed by atoms with Crippen LogP contribution in [0.25, 0.3) is 11.1 Å². The Morgan fingerprint density at radius 3 is 2.33 bits per heavy atom. The number of carbonyl (C=O) groups is 2. The topological polar surface area (TPSA) is 83.8 Å². The maximum absolute atomic E-state index is 12.5. The fourth-order valence-corrected chi connectivity index (χ4v) is 3.71. The van der Waals surface area contributed by atoms with Crippen LogP contribution in [0.1, 0.15) is 59.0 Å². The highest BCUT2D eigenvalue weighted by Gasteiger charge is 2.21. The van der Waals surface area contributed by atoms with Crippen molar-refractivity contribution in [3.8, 4) is 22.6 Å². The molecule has 33 heavy (non-hydrogen) atoms. The lowest BCUT2D eigenvalue weighted by molar-refractivity contribution is 0.0696. The van der Waals surface area contributed by atoms with E-state index in [-0.39, 0.29) is 34.1 Å². The number of Topliss-reactive ketones (excluding diaryl/α,β-unsaturated/α-hetero) is 1. The van der Waals surface area contributed by atoms with E-state index in [0.29, 0.717) is 23.3 Å². The molecule has 0 saturated heterocycles. The maximum atomic E-state index is 12.5. The van der Waals surface area contributed by atoms with Crippen molar-refractivity contribution in [3.63, 3.8) is 0 Å². The van der Waals surface area contributed by atoms with E-state index >= 15 is 0 Å². The number of halogens is 1. The number of benzene rings is 3. The van der Waals surface area contributed by atoms with Crippen LogP contribution < -0.4 is 4.74 Å². The van der Waals surface area contributed by atoms with Gasteiger partial charge in [-0.2, -0.15) is 0 Å². The van der Waals surface area contributed by atoms with Crippen molar-refractivity contribution < 1.29 is 24.5 Å². The van der Waals surface area contributed by atoms with Gasteiger partial charge in [0.1, 0.15) is 18.1 Å². The summed E-state index contributed by atoms with van der Waals surface area (Å²) in [6.45, 7) is 7.89. The first-order valence-electron chi connectivity index (χ1n) is 10.6. The van der Waals surface area contributed by atoms with Crippen LogP contribution in [0.3, 0.4) is 0 Å². The second-order valence-corrected chi connectivity index (χ2v) is 9.64. The molecule has 0 aliphatic carbocycles. The molecule has 6 heteroatoms. The van der Waals surface area contributed by atoms with Crippen LogP contribution in [0, 0.1) is 12.3 Å². The molecule has 3 rings (SSSR count). The van der Waals surface area contributed by atoms with Crippen LogP contribution in [0.5, 0.6) is 11.5 Å². The fraction of sp³-hybridized carbons (Fsp3) is 0.259. The van der Waals surface area contributed by atoms with Gasteiger partial charge in [-0.1, -0.05) is 56.6 Å². The van der Waals surface area contributed by atoms with Gasteiger partial charge in [-0.05, 0) is 59.4 Å². The van der Waals surface area contributed by atoms with Crippen LogP contribution in [0.2, 0.25) is 5.02 Å². The molecule has 3 aromatic carbocycles. The number of aromatic carboxylic acids is 1. The van der Waals surface area contributed by atoms with Gasteiger partial charge in [-0.3, -0.25) is 4.79 Å². The quantitative estimate of drug-likeness (QED) is 0.369. The summed E-state index contributed by atoms with van der Waals surface area (Å²) in [5.41, 5.74) is 3.11. The predicted octanol–water partition coefficient (Wildman–Crippen LogP) is 6.92. The Morgan fingerprint density at radius 1 is 0.970 bits per heavy atom. The number of hydrogen-bond acceptors (Lipinski definition) is 4. The van der Waals surface area contributed by atoms with Crippen LogP contribution in [-0.2, 0) is 6.61 Å². The highest BCUT2D eigenvalue weighted by atomic mass is 35.5. The first-order valence-corrected chi connectivity index (χ1v) is 10.9. The SMILES string of the molecule is Cc1c(OCc2cccc(-c3ccc(Cl)c(C(=O)O)c3)c2)ccc(C(=O)CC(C)(C)C)c1O. The molecule has 0 bridgehead atoms. The van der Waals surface area contributed by atoms with Crippen LogP contribution in [-0.4, -0.2) is 22.0 Å². The highest BCUT2D eigenvalue weighted by molar-refractivity contribution is 6.33. The molecule has 0 atom stereocenters. The molecule has 0 aromatic heterocycles. The van der Waals surface area contributed by atoms with E-state index in [1.54, 1.807) is 37.3 Å². The molecule has 0 radical (unpaired) electrons. The van der Waals surface area contributed by atoms with Gasteiger partial charge in [-0.15, -0.1) is 0 Å². The van der Waals surface area contributed by atoms with E-state index in [1.165, 1.54) is 0 Å². The van der Waals surface area contributed by atoms with Gasteiger partial charge in [-0.25, -0.2) is 4.79 Å². The van der Waals surface area contributed by atoms with Crippen molar-refractivity contribution in [1.29, 1.82) is 0 Å². The molecule has 0 aliphatic rings. The second-order valence-electron chi connectivity index (χ2n) is 9.23. The number of phenols is 1. The lowest BCUT2D eigenvalue weighted by atomic mass is 9.87. The number of aromatic hydroxyl groups is 1. The Morgan fingerprint density at radius 2 is 1.67 bits per heavy atom. The number of ketones is 1. The molecule has 0 fully saturated rings. The molecule has 0 aliphatic heterocycles. The van der Waals surface area contributed by atoms with Crippen LogP contribution in [0.4, 0.5) is 0 Å². The zero-order valence-corrected chi connectivity index (χ0v) is 19.9. The number of rotatable bonds is 7. The normalized spacial score (nSPS) is 11.3. The first-order chi connectivity index (χ1) is 15.5.